The molecular weight excluding hydrogens is 687 g/mol. The minimum absolute atomic E-state index is 0.0397. The molecule has 2 amide bonds. The molecule has 1 aromatic heterocycles. The van der Waals surface area contributed by atoms with Gasteiger partial charge in [0.25, 0.3) is 0 Å². The number of rotatable bonds is 11. The van der Waals surface area contributed by atoms with Crippen LogP contribution in [0.4, 0.5) is 0 Å². The van der Waals surface area contributed by atoms with Crippen LogP contribution in [0.5, 0.6) is 5.88 Å². The van der Waals surface area contributed by atoms with E-state index in [1.807, 2.05) is 74.7 Å². The first-order valence-corrected chi connectivity index (χ1v) is 18.4. The highest BCUT2D eigenvalue weighted by molar-refractivity contribution is 6.38. The Morgan fingerprint density at radius 2 is 1.78 bits per heavy atom. The van der Waals surface area contributed by atoms with Crippen LogP contribution in [0.1, 0.15) is 63.0 Å². The molecule has 3 aliphatic heterocycles. The number of hydrogen-bond acceptors (Lipinski definition) is 8. The number of hydrogen-bond donors (Lipinski definition) is 4. The highest BCUT2D eigenvalue weighted by atomic mass is 35.5. The molecule has 51 heavy (non-hydrogen) atoms. The van der Waals surface area contributed by atoms with Crippen molar-refractivity contribution >= 4 is 40.9 Å². The summed E-state index contributed by atoms with van der Waals surface area (Å²) in [5.74, 6) is 1.05. The first-order valence-electron chi connectivity index (χ1n) is 17.7. The number of methoxy groups -OCH3 is 1. The van der Waals surface area contributed by atoms with Crippen LogP contribution >= 0.6 is 23.2 Å². The number of allylic oxidation sites excluding steroid dienone is 1. The van der Waals surface area contributed by atoms with E-state index in [2.05, 4.69) is 16.0 Å². The molecule has 10 nitrogen and oxygen atoms in total. The van der Waals surface area contributed by atoms with Gasteiger partial charge in [0.1, 0.15) is 5.84 Å². The maximum absolute atomic E-state index is 13.6. The Morgan fingerprint density at radius 3 is 2.51 bits per heavy atom. The Bertz CT molecular complexity index is 1890. The number of aliphatic imine (C=N–C) groups is 1. The Hall–Kier alpha value is -3.80. The summed E-state index contributed by atoms with van der Waals surface area (Å²) >= 11 is 14.3. The maximum atomic E-state index is 13.6. The number of nitrogens with zero attached hydrogens (tertiary/aromatic N) is 3. The second kappa shape index (κ2) is 14.7. The summed E-state index contributed by atoms with van der Waals surface area (Å²) in [5.41, 5.74) is 4.25. The minimum atomic E-state index is -0.615. The van der Waals surface area contributed by atoms with Crippen LogP contribution in [0, 0.1) is 5.92 Å². The normalized spacial score (nSPS) is 27.1. The van der Waals surface area contributed by atoms with Crippen molar-refractivity contribution in [1.29, 1.82) is 0 Å². The number of amides is 2. The van der Waals surface area contributed by atoms with Gasteiger partial charge in [0.05, 0.1) is 40.4 Å². The maximum Gasteiger partial charge on any atom is 0.238 e. The van der Waals surface area contributed by atoms with E-state index in [4.69, 9.17) is 37.9 Å². The number of amidine groups is 1. The fourth-order valence-electron chi connectivity index (χ4n) is 7.70. The third-order valence-corrected chi connectivity index (χ3v) is 11.4. The summed E-state index contributed by atoms with van der Waals surface area (Å²) in [4.78, 5) is 36.5. The Kier molecular flexibility index (Phi) is 10.2. The van der Waals surface area contributed by atoms with E-state index >= 15 is 0 Å². The van der Waals surface area contributed by atoms with Gasteiger partial charge in [-0.3, -0.25) is 19.5 Å². The first-order chi connectivity index (χ1) is 24.5. The number of benzene rings is 2. The van der Waals surface area contributed by atoms with E-state index in [9.17, 15) is 14.7 Å². The first kappa shape index (κ1) is 35.6. The molecule has 0 bridgehead atoms. The smallest absolute Gasteiger partial charge is 0.238 e. The van der Waals surface area contributed by atoms with Gasteiger partial charge in [-0.1, -0.05) is 71.7 Å². The van der Waals surface area contributed by atoms with Crippen LogP contribution < -0.4 is 20.7 Å². The van der Waals surface area contributed by atoms with Crippen molar-refractivity contribution in [1.82, 2.24) is 25.8 Å². The predicted molar refractivity (Wildman–Crippen MR) is 200 cm³/mol. The molecule has 2 fully saturated rings. The number of carbonyl (C=O) groups is 2. The van der Waals surface area contributed by atoms with Gasteiger partial charge in [0, 0.05) is 78.9 Å². The number of fused-ring (bicyclic) bond motifs is 1. The summed E-state index contributed by atoms with van der Waals surface area (Å²) in [6.45, 7) is 5.60. The molecule has 12 heteroatoms. The lowest BCUT2D eigenvalue weighted by Crippen LogP contribution is -2.56. The second-order valence-electron chi connectivity index (χ2n) is 14.4. The molecule has 268 valence electrons. The molecular formula is C39H44Cl2N6O4. The van der Waals surface area contributed by atoms with Crippen molar-refractivity contribution in [2.45, 2.75) is 82.1 Å². The molecule has 4 heterocycles. The van der Waals surface area contributed by atoms with Crippen LogP contribution in [0.25, 0.3) is 22.4 Å². The summed E-state index contributed by atoms with van der Waals surface area (Å²) in [7, 11) is 1.60. The lowest BCUT2D eigenvalue weighted by Gasteiger charge is -2.43. The average molecular weight is 732 g/mol. The minimum Gasteiger partial charge on any atom is -0.481 e. The number of halogens is 2. The lowest BCUT2D eigenvalue weighted by atomic mass is 9.77. The number of pyridine rings is 1. The van der Waals surface area contributed by atoms with Crippen molar-refractivity contribution in [3.8, 4) is 28.3 Å². The van der Waals surface area contributed by atoms with Crippen LogP contribution in [-0.2, 0) is 16.1 Å². The molecule has 4 aliphatic rings. The van der Waals surface area contributed by atoms with Gasteiger partial charge in [-0.2, -0.15) is 0 Å². The molecule has 0 spiro atoms. The largest absolute Gasteiger partial charge is 0.481 e. The highest BCUT2D eigenvalue weighted by Gasteiger charge is 2.41. The average Bonchev–Trinajstić information content (AvgIpc) is 3.52. The fourth-order valence-corrected chi connectivity index (χ4v) is 8.39. The second-order valence-corrected chi connectivity index (χ2v) is 15.2. The summed E-state index contributed by atoms with van der Waals surface area (Å²) in [6, 6.07) is 15.9. The van der Waals surface area contributed by atoms with Gasteiger partial charge in [-0.25, -0.2) is 4.98 Å². The molecule has 7 rings (SSSR count). The van der Waals surface area contributed by atoms with Gasteiger partial charge in [0.15, 0.2) is 0 Å². The van der Waals surface area contributed by atoms with Crippen molar-refractivity contribution in [3.05, 3.63) is 82.0 Å². The molecule has 1 saturated carbocycles. The number of aromatic nitrogens is 1. The highest BCUT2D eigenvalue weighted by Crippen LogP contribution is 2.43. The van der Waals surface area contributed by atoms with Crippen molar-refractivity contribution in [3.63, 3.8) is 0 Å². The molecule has 1 saturated heterocycles. The van der Waals surface area contributed by atoms with E-state index < -0.39 is 5.60 Å². The fraction of sp³-hybridized carbons (Fsp3) is 0.436. The molecule has 3 aromatic rings. The van der Waals surface area contributed by atoms with Crippen molar-refractivity contribution < 1.29 is 19.4 Å². The van der Waals surface area contributed by atoms with Crippen LogP contribution in [0.15, 0.2) is 65.8 Å². The van der Waals surface area contributed by atoms with Gasteiger partial charge in [-0.05, 0) is 44.7 Å². The van der Waals surface area contributed by atoms with Gasteiger partial charge >= 0.3 is 0 Å². The molecule has 4 atom stereocenters. The molecule has 1 aliphatic carbocycles. The summed E-state index contributed by atoms with van der Waals surface area (Å²) in [6.07, 6.45) is 7.21. The molecule has 2 unspecified atom stereocenters. The topological polar surface area (TPSA) is 128 Å². The SMILES string of the molecule is COc1nc(-c2cccc(-c3cccc(C4C=CN5C(=O)C(CNC6CC(C)(O)C6)[C@@H](C)N=C5C4)c3Cl)c2Cl)ccc1CNC[C@@H]1CCC(=O)N1. The third kappa shape index (κ3) is 7.43. The number of carbonyl (C=O) groups excluding carboxylic acids is 2. The van der Waals surface area contributed by atoms with E-state index in [0.717, 1.165) is 40.1 Å². The monoisotopic (exact) mass is 730 g/mol. The Labute approximate surface area is 308 Å². The summed E-state index contributed by atoms with van der Waals surface area (Å²) in [5, 5.41) is 21.0. The van der Waals surface area contributed by atoms with Crippen molar-refractivity contribution in [2.75, 3.05) is 20.2 Å². The zero-order valence-corrected chi connectivity index (χ0v) is 30.6. The zero-order chi connectivity index (χ0) is 35.9. The Balaban J connectivity index is 1.07. The van der Waals surface area contributed by atoms with Crippen LogP contribution in [-0.4, -0.2) is 76.6 Å². The number of nitrogens with one attached hydrogen (secondary N) is 3. The summed E-state index contributed by atoms with van der Waals surface area (Å²) < 4.78 is 5.66. The van der Waals surface area contributed by atoms with E-state index in [1.54, 1.807) is 12.0 Å². The predicted octanol–water partition coefficient (Wildman–Crippen LogP) is 5.85. The molecule has 4 N–H and O–H groups in total. The van der Waals surface area contributed by atoms with E-state index in [0.29, 0.717) is 66.9 Å². The van der Waals surface area contributed by atoms with Gasteiger partial charge in [0.2, 0.25) is 17.7 Å². The van der Waals surface area contributed by atoms with Gasteiger partial charge < -0.3 is 25.8 Å². The van der Waals surface area contributed by atoms with E-state index in [1.165, 1.54) is 0 Å². The molecule has 2 aromatic carbocycles. The van der Waals surface area contributed by atoms with Gasteiger partial charge in [-0.15, -0.1) is 0 Å². The quantitative estimate of drug-likeness (QED) is 0.195. The Morgan fingerprint density at radius 1 is 1.04 bits per heavy atom. The van der Waals surface area contributed by atoms with E-state index in [-0.39, 0.29) is 41.8 Å². The number of aliphatic hydroxyl groups is 1. The van der Waals surface area contributed by atoms with Crippen molar-refractivity contribution in [2.24, 2.45) is 10.9 Å². The standard InChI is InChI=1S/C39H44Cl2N6O4/c1-22-31(21-43-26-17-39(2,50)18-26)38(49)47-15-14-23(16-33(47)44-22)27-6-4-7-28(35(27)40)29-8-5-9-30(36(29)41)32-12-10-24(37(46-32)51-3)19-42-20-25-11-13-34(48)45-25/h4-10,12,14-15,22-23,25-26,31,42-43,50H,11,13,16-21H2,1-3H3,(H,45,48)/t22-,23?,25+,26?,31?,39?/m1/s1. The molecule has 0 radical (unpaired) electrons. The van der Waals surface area contributed by atoms with Crippen LogP contribution in [0.3, 0.4) is 0 Å². The van der Waals surface area contributed by atoms with Crippen LogP contribution in [0.2, 0.25) is 10.0 Å². The lowest BCUT2D eigenvalue weighted by molar-refractivity contribution is -0.131. The zero-order valence-electron chi connectivity index (χ0n) is 29.1. The third-order valence-electron chi connectivity index (χ3n) is 10.6. The number of ether oxygens (including phenoxy) is 1.